The summed E-state index contributed by atoms with van der Waals surface area (Å²) in [6.07, 6.45) is 6.00. The highest BCUT2D eigenvalue weighted by Gasteiger charge is 2.34. The minimum Gasteiger partial charge on any atom is -0.491 e. The number of nitrogens with one attached hydrogen (secondary N) is 2. The van der Waals surface area contributed by atoms with Crippen LogP contribution in [0.5, 0.6) is 5.75 Å². The van der Waals surface area contributed by atoms with Gasteiger partial charge < -0.3 is 20.5 Å². The zero-order chi connectivity index (χ0) is 23.2. The molecule has 7 heteroatoms. The van der Waals surface area contributed by atoms with Crippen LogP contribution in [0, 0.1) is 11.3 Å². The fourth-order valence-corrected chi connectivity index (χ4v) is 4.52. The molecule has 0 aromatic heterocycles. The van der Waals surface area contributed by atoms with Gasteiger partial charge in [0.15, 0.2) is 0 Å². The highest BCUT2D eigenvalue weighted by molar-refractivity contribution is 5.95. The van der Waals surface area contributed by atoms with Gasteiger partial charge in [-0.15, -0.1) is 0 Å². The maximum absolute atomic E-state index is 12.3. The van der Waals surface area contributed by atoms with Crippen LogP contribution in [0.25, 0.3) is 11.1 Å². The molecule has 1 saturated heterocycles. The van der Waals surface area contributed by atoms with E-state index >= 15 is 0 Å². The van der Waals surface area contributed by atoms with E-state index < -0.39 is 0 Å². The standard InChI is InChI=1S/C26H31N3O4/c27-25(28)19-8-6-17(7-9-19)18-10-12-22(13-11-18)32-16-21-14-20(26(31)29-21)15-24(30)33-23-4-2-1-3-5-23/h6-13,20-21,23H,1-5,14-16H2,(H3,27,28)(H,29,31). The summed E-state index contributed by atoms with van der Waals surface area (Å²) in [4.78, 5) is 24.5. The summed E-state index contributed by atoms with van der Waals surface area (Å²) in [5.41, 5.74) is 8.25. The summed E-state index contributed by atoms with van der Waals surface area (Å²) in [6.45, 7) is 0.354. The van der Waals surface area contributed by atoms with Crippen molar-refractivity contribution >= 4 is 17.7 Å². The van der Waals surface area contributed by atoms with Gasteiger partial charge >= 0.3 is 5.97 Å². The maximum atomic E-state index is 12.3. The predicted octanol–water partition coefficient (Wildman–Crippen LogP) is 3.79. The van der Waals surface area contributed by atoms with Crippen LogP contribution in [0.2, 0.25) is 0 Å². The summed E-state index contributed by atoms with van der Waals surface area (Å²) in [5, 5.41) is 10.4. The number of nitrogen functional groups attached to an aromatic ring is 1. The van der Waals surface area contributed by atoms with Gasteiger partial charge in [-0.05, 0) is 55.4 Å². The number of hydrogen-bond donors (Lipinski definition) is 3. The van der Waals surface area contributed by atoms with Crippen molar-refractivity contribution in [3.63, 3.8) is 0 Å². The van der Waals surface area contributed by atoms with E-state index in [4.69, 9.17) is 20.6 Å². The second-order valence-electron chi connectivity index (χ2n) is 8.92. The van der Waals surface area contributed by atoms with E-state index in [0.29, 0.717) is 24.3 Å². The van der Waals surface area contributed by atoms with Gasteiger partial charge in [-0.3, -0.25) is 15.0 Å². The van der Waals surface area contributed by atoms with Crippen LogP contribution < -0.4 is 15.8 Å². The van der Waals surface area contributed by atoms with Crippen molar-refractivity contribution in [2.24, 2.45) is 11.7 Å². The first kappa shape index (κ1) is 22.8. The van der Waals surface area contributed by atoms with E-state index in [1.165, 1.54) is 6.42 Å². The average Bonchev–Trinajstić information content (AvgIpc) is 3.17. The minimum atomic E-state index is -0.352. The maximum Gasteiger partial charge on any atom is 0.306 e. The van der Waals surface area contributed by atoms with E-state index in [-0.39, 0.29) is 42.2 Å². The van der Waals surface area contributed by atoms with E-state index in [2.05, 4.69) is 5.32 Å². The van der Waals surface area contributed by atoms with Crippen molar-refractivity contribution in [3.05, 3.63) is 54.1 Å². The third-order valence-corrected chi connectivity index (χ3v) is 6.38. The van der Waals surface area contributed by atoms with Crippen molar-refractivity contribution in [1.29, 1.82) is 5.41 Å². The first-order valence-electron chi connectivity index (χ1n) is 11.7. The monoisotopic (exact) mass is 449 g/mol. The number of benzene rings is 2. The molecule has 7 nitrogen and oxygen atoms in total. The lowest BCUT2D eigenvalue weighted by Crippen LogP contribution is -2.31. The van der Waals surface area contributed by atoms with Crippen LogP contribution in [-0.2, 0) is 14.3 Å². The smallest absolute Gasteiger partial charge is 0.306 e. The van der Waals surface area contributed by atoms with Gasteiger partial charge in [0.2, 0.25) is 5.91 Å². The molecule has 2 atom stereocenters. The van der Waals surface area contributed by atoms with Gasteiger partial charge in [-0.2, -0.15) is 0 Å². The molecule has 1 amide bonds. The molecule has 1 aliphatic carbocycles. The number of amides is 1. The summed E-state index contributed by atoms with van der Waals surface area (Å²) < 4.78 is 11.4. The molecule has 0 spiro atoms. The molecule has 2 aromatic rings. The van der Waals surface area contributed by atoms with Crippen LogP contribution in [0.4, 0.5) is 0 Å². The van der Waals surface area contributed by atoms with Crippen molar-refractivity contribution in [1.82, 2.24) is 5.32 Å². The number of carbonyl (C=O) groups excluding carboxylic acids is 2. The lowest BCUT2D eigenvalue weighted by molar-refractivity contribution is -0.152. The first-order valence-corrected chi connectivity index (χ1v) is 11.7. The highest BCUT2D eigenvalue weighted by atomic mass is 16.5. The number of ether oxygens (including phenoxy) is 2. The topological polar surface area (TPSA) is 115 Å². The van der Waals surface area contributed by atoms with Gasteiger partial charge in [0.25, 0.3) is 0 Å². The van der Waals surface area contributed by atoms with Gasteiger partial charge in [0.1, 0.15) is 24.3 Å². The van der Waals surface area contributed by atoms with Crippen molar-refractivity contribution in [2.75, 3.05) is 6.61 Å². The Hall–Kier alpha value is -3.35. The van der Waals surface area contributed by atoms with E-state index in [1.807, 2.05) is 48.5 Å². The number of nitrogens with two attached hydrogens (primary N) is 1. The molecule has 4 N–H and O–H groups in total. The highest BCUT2D eigenvalue weighted by Crippen LogP contribution is 2.26. The van der Waals surface area contributed by atoms with Gasteiger partial charge in [0.05, 0.1) is 18.4 Å². The number of esters is 1. The third-order valence-electron chi connectivity index (χ3n) is 6.38. The molecule has 0 radical (unpaired) electrons. The first-order chi connectivity index (χ1) is 16.0. The van der Waals surface area contributed by atoms with Crippen LogP contribution >= 0.6 is 0 Å². The number of rotatable bonds is 8. The quantitative estimate of drug-likeness (QED) is 0.322. The Morgan fingerprint density at radius 2 is 1.64 bits per heavy atom. The molecule has 174 valence electrons. The Labute approximate surface area is 194 Å². The molecule has 1 saturated carbocycles. The van der Waals surface area contributed by atoms with Gasteiger partial charge in [-0.1, -0.05) is 42.8 Å². The van der Waals surface area contributed by atoms with Gasteiger partial charge in [-0.25, -0.2) is 0 Å². The van der Waals surface area contributed by atoms with Crippen molar-refractivity contribution in [3.8, 4) is 16.9 Å². The molecule has 2 aromatic carbocycles. The number of hydrogen-bond acceptors (Lipinski definition) is 5. The Bertz CT molecular complexity index is 982. The van der Waals surface area contributed by atoms with E-state index in [1.54, 1.807) is 0 Å². The SMILES string of the molecule is N=C(N)c1ccc(-c2ccc(OCC3CC(CC(=O)OC4CCCCC4)C(=O)N3)cc2)cc1. The van der Waals surface area contributed by atoms with Crippen molar-refractivity contribution < 1.29 is 19.1 Å². The fourth-order valence-electron chi connectivity index (χ4n) is 4.52. The van der Waals surface area contributed by atoms with E-state index in [0.717, 1.165) is 36.8 Å². The molecule has 2 unspecified atom stereocenters. The molecule has 1 heterocycles. The molecule has 2 fully saturated rings. The third kappa shape index (κ3) is 6.12. The Balaban J connectivity index is 1.24. The van der Waals surface area contributed by atoms with Crippen LogP contribution in [0.15, 0.2) is 48.5 Å². The van der Waals surface area contributed by atoms with Crippen LogP contribution in [-0.4, -0.2) is 36.5 Å². The summed E-state index contributed by atoms with van der Waals surface area (Å²) in [6, 6.07) is 15.1. The average molecular weight is 450 g/mol. The summed E-state index contributed by atoms with van der Waals surface area (Å²) in [7, 11) is 0. The van der Waals surface area contributed by atoms with Crippen molar-refractivity contribution in [2.45, 2.75) is 57.1 Å². The lowest BCUT2D eigenvalue weighted by atomic mass is 9.97. The van der Waals surface area contributed by atoms with E-state index in [9.17, 15) is 9.59 Å². The molecule has 0 bridgehead atoms. The van der Waals surface area contributed by atoms with Crippen LogP contribution in [0.3, 0.4) is 0 Å². The zero-order valence-electron chi connectivity index (χ0n) is 18.7. The Morgan fingerprint density at radius 3 is 2.27 bits per heavy atom. The molecular formula is C26H31N3O4. The molecule has 33 heavy (non-hydrogen) atoms. The number of amidine groups is 1. The predicted molar refractivity (Wildman–Crippen MR) is 126 cm³/mol. The largest absolute Gasteiger partial charge is 0.491 e. The lowest BCUT2D eigenvalue weighted by Gasteiger charge is -2.22. The minimum absolute atomic E-state index is 0.0184. The molecular weight excluding hydrogens is 418 g/mol. The molecule has 4 rings (SSSR count). The van der Waals surface area contributed by atoms with Crippen LogP contribution in [0.1, 0.15) is 50.5 Å². The Kier molecular flexibility index (Phi) is 7.27. The summed E-state index contributed by atoms with van der Waals surface area (Å²) >= 11 is 0. The zero-order valence-corrected chi connectivity index (χ0v) is 18.7. The normalized spacial score (nSPS) is 20.8. The molecule has 2 aliphatic rings. The second-order valence-corrected chi connectivity index (χ2v) is 8.92. The number of carbonyl (C=O) groups is 2. The Morgan fingerprint density at radius 1 is 1.00 bits per heavy atom. The second kappa shape index (κ2) is 10.5. The molecule has 1 aliphatic heterocycles. The fraction of sp³-hybridized carbons (Fsp3) is 0.423. The van der Waals surface area contributed by atoms with Gasteiger partial charge in [0, 0.05) is 5.56 Å². The summed E-state index contributed by atoms with van der Waals surface area (Å²) in [5.74, 6) is 0.0419.